The average Bonchev–Trinajstić information content (AvgIpc) is 2.65. The van der Waals surface area contributed by atoms with Gasteiger partial charge in [0.1, 0.15) is 12.0 Å². The van der Waals surface area contributed by atoms with E-state index in [1.54, 1.807) is 0 Å². The number of nitrogens with zero attached hydrogens (tertiary/aromatic N) is 1. The van der Waals surface area contributed by atoms with Crippen LogP contribution < -0.4 is 5.32 Å². The number of aliphatic hydroxyl groups excluding tert-OH is 1. The number of nitrogens with one attached hydrogen (secondary N) is 2. The third kappa shape index (κ3) is 2.16. The molecular formula is C16H15N3O. The number of aliphatic hydroxyl groups is 1. The van der Waals surface area contributed by atoms with Crippen molar-refractivity contribution < 1.29 is 5.11 Å². The Bertz CT molecular complexity index is 681. The average molecular weight is 265 g/mol. The molecule has 0 saturated heterocycles. The number of hydrogen-bond acceptors (Lipinski definition) is 3. The van der Waals surface area contributed by atoms with Gasteiger partial charge in [-0.3, -0.25) is 5.41 Å². The molecule has 1 aromatic carbocycles. The van der Waals surface area contributed by atoms with E-state index in [2.05, 4.69) is 16.4 Å². The first kappa shape index (κ1) is 12.4. The Morgan fingerprint density at radius 2 is 2.15 bits per heavy atom. The maximum absolute atomic E-state index is 9.25. The van der Waals surface area contributed by atoms with Gasteiger partial charge in [0.2, 0.25) is 0 Å². The molecule has 4 nitrogen and oxygen atoms in total. The van der Waals surface area contributed by atoms with Crippen molar-refractivity contribution in [2.45, 2.75) is 12.8 Å². The summed E-state index contributed by atoms with van der Waals surface area (Å²) in [5.74, 6) is 0.0363. The third-order valence-electron chi connectivity index (χ3n) is 3.38. The van der Waals surface area contributed by atoms with Crippen LogP contribution in [0.4, 0.5) is 5.69 Å². The molecule has 100 valence electrons. The van der Waals surface area contributed by atoms with Crippen LogP contribution in [-0.2, 0) is 0 Å². The number of rotatable bonds is 1. The van der Waals surface area contributed by atoms with Gasteiger partial charge in [0.05, 0.1) is 5.71 Å². The van der Waals surface area contributed by atoms with Crippen molar-refractivity contribution in [3.63, 3.8) is 0 Å². The summed E-state index contributed by atoms with van der Waals surface area (Å²) in [6.45, 7) is 0. The van der Waals surface area contributed by atoms with Gasteiger partial charge in [0.25, 0.3) is 0 Å². The number of para-hydroxylation sites is 1. The number of fused-ring (bicyclic) bond motifs is 1. The van der Waals surface area contributed by atoms with Gasteiger partial charge >= 0.3 is 0 Å². The number of allylic oxidation sites excluding steroid dienone is 4. The van der Waals surface area contributed by atoms with E-state index in [1.807, 2.05) is 36.4 Å². The quantitative estimate of drug-likeness (QED) is 0.680. The largest absolute Gasteiger partial charge is 0.513 e. The number of benzene rings is 1. The Morgan fingerprint density at radius 3 is 2.90 bits per heavy atom. The van der Waals surface area contributed by atoms with Gasteiger partial charge in [-0.1, -0.05) is 36.4 Å². The molecule has 0 spiro atoms. The highest BCUT2D eigenvalue weighted by molar-refractivity contribution is 6.23. The monoisotopic (exact) mass is 265 g/mol. The summed E-state index contributed by atoms with van der Waals surface area (Å²) in [6.07, 6.45) is 8.97. The van der Waals surface area contributed by atoms with Crippen molar-refractivity contribution in [1.82, 2.24) is 0 Å². The molecule has 0 aromatic heterocycles. The molecule has 1 aromatic rings. The standard InChI is InChI=1S/C16H15N3O/c17-16-14(10-20)18-13-9-5-4-8-12(13)15(19-16)11-6-2-1-3-7-11/h1-2,4-6,8-10,17-18,20H,3,7H2. The van der Waals surface area contributed by atoms with Gasteiger partial charge in [0.15, 0.2) is 5.84 Å². The summed E-state index contributed by atoms with van der Waals surface area (Å²) in [7, 11) is 0. The highest BCUT2D eigenvalue weighted by Crippen LogP contribution is 2.27. The highest BCUT2D eigenvalue weighted by Gasteiger charge is 2.20. The minimum absolute atomic E-state index is 0.0363. The summed E-state index contributed by atoms with van der Waals surface area (Å²) in [4.78, 5) is 4.40. The molecule has 1 aliphatic carbocycles. The van der Waals surface area contributed by atoms with Crippen molar-refractivity contribution in [3.8, 4) is 0 Å². The normalized spacial score (nSPS) is 19.8. The first-order valence-electron chi connectivity index (χ1n) is 6.54. The van der Waals surface area contributed by atoms with Gasteiger partial charge in [-0.15, -0.1) is 0 Å². The van der Waals surface area contributed by atoms with E-state index in [-0.39, 0.29) is 5.84 Å². The Balaban J connectivity index is 2.18. The maximum Gasteiger partial charge on any atom is 0.172 e. The lowest BCUT2D eigenvalue weighted by atomic mass is 9.94. The van der Waals surface area contributed by atoms with Gasteiger partial charge in [-0.05, 0) is 24.5 Å². The van der Waals surface area contributed by atoms with Crippen molar-refractivity contribution >= 4 is 17.2 Å². The van der Waals surface area contributed by atoms with Gasteiger partial charge in [-0.2, -0.15) is 0 Å². The molecule has 1 aliphatic heterocycles. The number of anilines is 1. The molecule has 3 rings (SSSR count). The van der Waals surface area contributed by atoms with Crippen molar-refractivity contribution in [2.75, 3.05) is 5.32 Å². The van der Waals surface area contributed by atoms with Crippen LogP contribution in [0.1, 0.15) is 18.4 Å². The molecule has 1 heterocycles. The van der Waals surface area contributed by atoms with E-state index >= 15 is 0 Å². The molecule has 0 atom stereocenters. The molecule has 20 heavy (non-hydrogen) atoms. The molecule has 0 saturated carbocycles. The number of benzodiazepines with no additional fused rings is 1. The van der Waals surface area contributed by atoms with Crippen molar-refractivity contribution in [3.05, 3.63) is 65.6 Å². The molecule has 0 fully saturated rings. The molecule has 4 heteroatoms. The molecule has 2 aliphatic rings. The zero-order valence-corrected chi connectivity index (χ0v) is 10.9. The van der Waals surface area contributed by atoms with Crippen LogP contribution in [0.15, 0.2) is 65.0 Å². The Hall–Kier alpha value is -2.62. The molecule has 0 bridgehead atoms. The predicted octanol–water partition coefficient (Wildman–Crippen LogP) is 3.55. The van der Waals surface area contributed by atoms with Gasteiger partial charge in [-0.25, -0.2) is 4.99 Å². The van der Waals surface area contributed by atoms with E-state index in [4.69, 9.17) is 5.41 Å². The fraction of sp³-hybridized carbons (Fsp3) is 0.125. The first-order chi connectivity index (χ1) is 9.79. The molecule has 0 amide bonds. The zero-order chi connectivity index (χ0) is 13.9. The molecule has 0 radical (unpaired) electrons. The Morgan fingerprint density at radius 1 is 1.30 bits per heavy atom. The lowest BCUT2D eigenvalue weighted by Crippen LogP contribution is -2.08. The van der Waals surface area contributed by atoms with Crippen LogP contribution >= 0.6 is 0 Å². The number of aliphatic imine (C=N–C) groups is 1. The van der Waals surface area contributed by atoms with Crippen molar-refractivity contribution in [2.24, 2.45) is 4.99 Å². The lowest BCUT2D eigenvalue weighted by molar-refractivity contribution is 0.470. The molecule has 0 unspecified atom stereocenters. The summed E-state index contributed by atoms with van der Waals surface area (Å²) < 4.78 is 0. The summed E-state index contributed by atoms with van der Waals surface area (Å²) in [5.41, 5.74) is 4.03. The fourth-order valence-electron chi connectivity index (χ4n) is 2.37. The second-order valence-electron chi connectivity index (χ2n) is 4.68. The van der Waals surface area contributed by atoms with E-state index in [1.165, 1.54) is 0 Å². The lowest BCUT2D eigenvalue weighted by Gasteiger charge is -2.13. The smallest absolute Gasteiger partial charge is 0.172 e. The van der Waals surface area contributed by atoms with Crippen LogP contribution in [0.3, 0.4) is 0 Å². The van der Waals surface area contributed by atoms with Crippen LogP contribution in [0.5, 0.6) is 0 Å². The molecule has 3 N–H and O–H groups in total. The summed E-state index contributed by atoms with van der Waals surface area (Å²) >= 11 is 0. The zero-order valence-electron chi connectivity index (χ0n) is 10.9. The van der Waals surface area contributed by atoms with E-state index in [9.17, 15) is 5.11 Å². The second kappa shape index (κ2) is 5.17. The Kier molecular flexibility index (Phi) is 3.21. The SMILES string of the molecule is N=C1N=C(C2=CC=CCC2)c2ccccc2NC1=CO. The highest BCUT2D eigenvalue weighted by atomic mass is 16.2. The van der Waals surface area contributed by atoms with Crippen LogP contribution in [0, 0.1) is 5.41 Å². The van der Waals surface area contributed by atoms with Gasteiger partial charge in [0, 0.05) is 11.3 Å². The van der Waals surface area contributed by atoms with E-state index in [0.29, 0.717) is 5.70 Å². The summed E-state index contributed by atoms with van der Waals surface area (Å²) in [6, 6.07) is 7.77. The van der Waals surface area contributed by atoms with Crippen LogP contribution in [-0.4, -0.2) is 16.7 Å². The predicted molar refractivity (Wildman–Crippen MR) is 81.5 cm³/mol. The minimum atomic E-state index is 0.0363. The van der Waals surface area contributed by atoms with Crippen LogP contribution in [0.25, 0.3) is 0 Å². The maximum atomic E-state index is 9.25. The van der Waals surface area contributed by atoms with E-state index < -0.39 is 0 Å². The third-order valence-corrected chi connectivity index (χ3v) is 3.38. The molecular weight excluding hydrogens is 250 g/mol. The topological polar surface area (TPSA) is 68.5 Å². The van der Waals surface area contributed by atoms with Crippen LogP contribution in [0.2, 0.25) is 0 Å². The first-order valence-corrected chi connectivity index (χ1v) is 6.54. The second-order valence-corrected chi connectivity index (χ2v) is 4.68. The fourth-order valence-corrected chi connectivity index (χ4v) is 2.37. The van der Waals surface area contributed by atoms with E-state index in [0.717, 1.165) is 41.6 Å². The van der Waals surface area contributed by atoms with Crippen molar-refractivity contribution in [1.29, 1.82) is 5.41 Å². The van der Waals surface area contributed by atoms with Gasteiger partial charge < -0.3 is 10.4 Å². The summed E-state index contributed by atoms with van der Waals surface area (Å²) in [5, 5.41) is 20.3. The minimum Gasteiger partial charge on any atom is -0.513 e. The number of amidine groups is 1. The Labute approximate surface area is 117 Å². The number of hydrogen-bond donors (Lipinski definition) is 3.